The van der Waals surface area contributed by atoms with Gasteiger partial charge in [-0.3, -0.25) is 0 Å². The van der Waals surface area contributed by atoms with Gasteiger partial charge in [-0.2, -0.15) is 0 Å². The Morgan fingerprint density at radius 3 is 2.75 bits per heavy atom. The van der Waals surface area contributed by atoms with Crippen molar-refractivity contribution in [3.8, 4) is 0 Å². The highest BCUT2D eigenvalue weighted by molar-refractivity contribution is 7.80. The second-order valence-electron chi connectivity index (χ2n) is 3.11. The van der Waals surface area contributed by atoms with Gasteiger partial charge in [-0.05, 0) is 12.6 Å². The minimum atomic E-state index is 0.922. The summed E-state index contributed by atoms with van der Waals surface area (Å²) in [5.74, 6) is 0. The summed E-state index contributed by atoms with van der Waals surface area (Å²) in [4.78, 5) is 4.91. The Hall–Kier alpha value is -0.830. The summed E-state index contributed by atoms with van der Waals surface area (Å²) in [6.45, 7) is 0. The van der Waals surface area contributed by atoms with Crippen molar-refractivity contribution in [3.05, 3.63) is 24.0 Å². The van der Waals surface area contributed by atoms with Gasteiger partial charge in [0.2, 0.25) is 0 Å². The van der Waals surface area contributed by atoms with Crippen molar-refractivity contribution in [3.63, 3.8) is 0 Å². The zero-order valence-electron chi connectivity index (χ0n) is 7.74. The van der Waals surface area contributed by atoms with Gasteiger partial charge in [0.05, 0.1) is 0 Å². The molecule has 0 radical (unpaired) electrons. The van der Waals surface area contributed by atoms with E-state index in [0.29, 0.717) is 0 Å². The third-order valence-electron chi connectivity index (χ3n) is 1.72. The maximum absolute atomic E-state index is 5.25. The van der Waals surface area contributed by atoms with Gasteiger partial charge in [0.25, 0.3) is 0 Å². The maximum Gasteiger partial charge on any atom is 0.106 e. The molecular formula is C9H14N2S. The highest BCUT2D eigenvalue weighted by Crippen LogP contribution is 2.13. The van der Waals surface area contributed by atoms with Crippen molar-refractivity contribution in [2.75, 3.05) is 21.1 Å². The van der Waals surface area contributed by atoms with Crippen molar-refractivity contribution in [1.29, 1.82) is 0 Å². The average molecular weight is 182 g/mol. The van der Waals surface area contributed by atoms with Gasteiger partial charge < -0.3 is 9.80 Å². The van der Waals surface area contributed by atoms with Gasteiger partial charge >= 0.3 is 0 Å². The third kappa shape index (κ3) is 2.08. The summed E-state index contributed by atoms with van der Waals surface area (Å²) in [7, 11) is 5.96. The van der Waals surface area contributed by atoms with E-state index in [9.17, 15) is 0 Å². The quantitative estimate of drug-likeness (QED) is 0.569. The first-order valence-electron chi connectivity index (χ1n) is 3.92. The molecule has 1 rings (SSSR count). The largest absolute Gasteiger partial charge is 0.369 e. The number of thiocarbonyl (C=S) groups is 1. The minimum absolute atomic E-state index is 0.922. The van der Waals surface area contributed by atoms with Crippen LogP contribution in [-0.2, 0) is 0 Å². The van der Waals surface area contributed by atoms with Crippen LogP contribution in [-0.4, -0.2) is 35.9 Å². The molecule has 0 bridgehead atoms. The number of likely N-dealkylation sites (N-methyl/N-ethyl adjacent to an activating group) is 1. The molecule has 0 atom stereocenters. The molecule has 0 unspecified atom stereocenters. The molecule has 1 aliphatic rings. The Kier molecular flexibility index (Phi) is 2.87. The zero-order valence-corrected chi connectivity index (χ0v) is 8.56. The van der Waals surface area contributed by atoms with Crippen LogP contribution in [0.1, 0.15) is 6.42 Å². The lowest BCUT2D eigenvalue weighted by Crippen LogP contribution is -2.23. The number of allylic oxidation sites excluding steroid dienone is 1. The van der Waals surface area contributed by atoms with E-state index in [4.69, 9.17) is 12.2 Å². The number of nitrogens with zero attached hydrogens (tertiary/aromatic N) is 2. The average Bonchev–Trinajstić information content (AvgIpc) is 2.03. The fourth-order valence-corrected chi connectivity index (χ4v) is 1.25. The van der Waals surface area contributed by atoms with Gasteiger partial charge in [-0.1, -0.05) is 18.3 Å². The smallest absolute Gasteiger partial charge is 0.106 e. The second kappa shape index (κ2) is 3.72. The molecule has 0 fully saturated rings. The lowest BCUT2D eigenvalue weighted by Gasteiger charge is -2.21. The fourth-order valence-electron chi connectivity index (χ4n) is 1.12. The minimum Gasteiger partial charge on any atom is -0.369 e. The van der Waals surface area contributed by atoms with Gasteiger partial charge in [-0.15, -0.1) is 0 Å². The highest BCUT2D eigenvalue weighted by atomic mass is 32.1. The molecule has 0 aromatic heterocycles. The zero-order chi connectivity index (χ0) is 9.14. The van der Waals surface area contributed by atoms with E-state index >= 15 is 0 Å². The van der Waals surface area contributed by atoms with Crippen LogP contribution in [0.2, 0.25) is 0 Å². The first-order chi connectivity index (χ1) is 5.61. The molecular weight excluding hydrogens is 168 g/mol. The molecule has 66 valence electrons. The van der Waals surface area contributed by atoms with Crippen LogP contribution >= 0.6 is 12.2 Å². The number of rotatable bonds is 1. The van der Waals surface area contributed by atoms with E-state index in [0.717, 1.165) is 11.4 Å². The van der Waals surface area contributed by atoms with Crippen molar-refractivity contribution >= 4 is 17.2 Å². The first-order valence-corrected chi connectivity index (χ1v) is 4.33. The molecule has 0 aromatic rings. The van der Waals surface area contributed by atoms with E-state index in [1.807, 2.05) is 37.1 Å². The van der Waals surface area contributed by atoms with Gasteiger partial charge in [0, 0.05) is 32.9 Å². The van der Waals surface area contributed by atoms with E-state index in [-0.39, 0.29) is 0 Å². The molecule has 0 amide bonds. The molecule has 0 saturated carbocycles. The molecule has 1 heterocycles. The predicted molar refractivity (Wildman–Crippen MR) is 55.9 cm³/mol. The van der Waals surface area contributed by atoms with Crippen molar-refractivity contribution in [1.82, 2.24) is 9.80 Å². The first kappa shape index (κ1) is 9.26. The van der Waals surface area contributed by atoms with Crippen LogP contribution in [0.25, 0.3) is 0 Å². The SMILES string of the molecule is CN1C=CCC(C(=S)N(C)C)=C1. The van der Waals surface area contributed by atoms with Crippen molar-refractivity contribution < 1.29 is 0 Å². The maximum atomic E-state index is 5.25. The van der Waals surface area contributed by atoms with Gasteiger partial charge in [0.15, 0.2) is 0 Å². The van der Waals surface area contributed by atoms with Gasteiger partial charge in [-0.25, -0.2) is 0 Å². The van der Waals surface area contributed by atoms with E-state index in [2.05, 4.69) is 12.3 Å². The molecule has 2 nitrogen and oxygen atoms in total. The molecule has 0 saturated heterocycles. The molecule has 0 aliphatic carbocycles. The molecule has 3 heteroatoms. The Balaban J connectivity index is 2.70. The van der Waals surface area contributed by atoms with Crippen LogP contribution in [0.4, 0.5) is 0 Å². The summed E-state index contributed by atoms with van der Waals surface area (Å²) < 4.78 is 0. The normalized spacial score (nSPS) is 15.9. The van der Waals surface area contributed by atoms with E-state index in [1.54, 1.807) is 0 Å². The summed E-state index contributed by atoms with van der Waals surface area (Å²) in [6.07, 6.45) is 7.18. The standard InChI is InChI=1S/C9H14N2S/c1-10(2)9(12)8-5-4-6-11(3)7-8/h4,6-7H,5H2,1-3H3. The fraction of sp³-hybridized carbons (Fsp3) is 0.444. The third-order valence-corrected chi connectivity index (χ3v) is 2.35. The van der Waals surface area contributed by atoms with Crippen LogP contribution in [0.5, 0.6) is 0 Å². The number of hydrogen-bond donors (Lipinski definition) is 0. The van der Waals surface area contributed by atoms with Gasteiger partial charge in [0.1, 0.15) is 4.99 Å². The Morgan fingerprint density at radius 2 is 2.25 bits per heavy atom. The van der Waals surface area contributed by atoms with Crippen molar-refractivity contribution in [2.24, 2.45) is 0 Å². The molecule has 1 aliphatic heterocycles. The molecule has 0 aromatic carbocycles. The Labute approximate surface area is 79.2 Å². The van der Waals surface area contributed by atoms with Crippen LogP contribution in [0.15, 0.2) is 24.0 Å². The van der Waals surface area contributed by atoms with E-state index < -0.39 is 0 Å². The van der Waals surface area contributed by atoms with Crippen LogP contribution in [0, 0.1) is 0 Å². The second-order valence-corrected chi connectivity index (χ2v) is 3.49. The summed E-state index contributed by atoms with van der Waals surface area (Å²) >= 11 is 5.25. The van der Waals surface area contributed by atoms with E-state index in [1.165, 1.54) is 5.57 Å². The Morgan fingerprint density at radius 1 is 1.58 bits per heavy atom. The summed E-state index contributed by atoms with van der Waals surface area (Å²) in [5.41, 5.74) is 1.21. The predicted octanol–water partition coefficient (Wildman–Crippen LogP) is 1.61. The monoisotopic (exact) mass is 182 g/mol. The molecule has 0 spiro atoms. The van der Waals surface area contributed by atoms with Crippen LogP contribution in [0.3, 0.4) is 0 Å². The Bertz CT molecular complexity index is 241. The topological polar surface area (TPSA) is 6.48 Å². The summed E-state index contributed by atoms with van der Waals surface area (Å²) in [6, 6.07) is 0. The lowest BCUT2D eigenvalue weighted by molar-refractivity contribution is 0.595. The summed E-state index contributed by atoms with van der Waals surface area (Å²) in [5, 5.41) is 0. The number of hydrogen-bond acceptors (Lipinski definition) is 2. The lowest BCUT2D eigenvalue weighted by atomic mass is 10.1. The molecule has 12 heavy (non-hydrogen) atoms. The van der Waals surface area contributed by atoms with Crippen molar-refractivity contribution in [2.45, 2.75) is 6.42 Å². The van der Waals surface area contributed by atoms with Crippen LogP contribution < -0.4 is 0 Å². The molecule has 0 N–H and O–H groups in total. The highest BCUT2D eigenvalue weighted by Gasteiger charge is 2.08.